The maximum Gasteiger partial charge on any atom is 0.226 e. The Labute approximate surface area is 184 Å². The van der Waals surface area contributed by atoms with Gasteiger partial charge in [0, 0.05) is 30.8 Å². The van der Waals surface area contributed by atoms with Gasteiger partial charge in [-0.25, -0.2) is 4.39 Å². The first-order chi connectivity index (χ1) is 14.8. The standard InChI is InChI=1S/C24H29FN2O.C2H4O/c1-23-10-8-20-17(4-7-21-24(20,2)11-9-22(28)27(21)3)19(23)6-5-18(23)15-12-16(25)14-26-13-15;1-2-3/h5,7,12-14,17,19-20H,4,6,8-11H2,1-3H3;2H,1H3. The lowest BCUT2D eigenvalue weighted by Crippen LogP contribution is -2.53. The number of pyridine rings is 1. The van der Waals surface area contributed by atoms with E-state index in [-0.39, 0.29) is 22.6 Å². The van der Waals surface area contributed by atoms with E-state index in [1.54, 1.807) is 6.07 Å². The normalized spacial score (nSPS) is 36.2. The van der Waals surface area contributed by atoms with Gasteiger partial charge >= 0.3 is 0 Å². The first-order valence-electron chi connectivity index (χ1n) is 11.4. The third-order valence-corrected chi connectivity index (χ3v) is 8.61. The van der Waals surface area contributed by atoms with Crippen molar-refractivity contribution in [1.82, 2.24) is 9.88 Å². The SMILES string of the molecule is CC=O.CN1C(=O)CCC2(C)C1=CCC1C3CC=C(c4cncc(F)c4)C3(C)CCC12. The Morgan fingerprint density at radius 1 is 1.13 bits per heavy atom. The lowest BCUT2D eigenvalue weighted by Gasteiger charge is -2.58. The lowest BCUT2D eigenvalue weighted by molar-refractivity contribution is -0.135. The van der Waals surface area contributed by atoms with Gasteiger partial charge in [-0.1, -0.05) is 26.0 Å². The number of aromatic nitrogens is 1. The number of likely N-dealkylation sites (tertiary alicyclic amines) is 1. The summed E-state index contributed by atoms with van der Waals surface area (Å²) in [7, 11) is 1.95. The highest BCUT2D eigenvalue weighted by Gasteiger charge is 2.57. The lowest BCUT2D eigenvalue weighted by atomic mass is 9.49. The summed E-state index contributed by atoms with van der Waals surface area (Å²) < 4.78 is 13.8. The Morgan fingerprint density at radius 2 is 1.87 bits per heavy atom. The average molecular weight is 425 g/mol. The van der Waals surface area contributed by atoms with Gasteiger partial charge in [0.25, 0.3) is 0 Å². The van der Waals surface area contributed by atoms with E-state index in [0.717, 1.165) is 37.5 Å². The highest BCUT2D eigenvalue weighted by Crippen LogP contribution is 2.65. The zero-order chi connectivity index (χ0) is 22.4. The van der Waals surface area contributed by atoms with Gasteiger partial charge < -0.3 is 9.69 Å². The fraction of sp³-hybridized carbons (Fsp3) is 0.577. The second-order valence-electron chi connectivity index (χ2n) is 10.0. The fourth-order valence-electron chi connectivity index (χ4n) is 7.15. The van der Waals surface area contributed by atoms with Crippen molar-refractivity contribution in [2.75, 3.05) is 7.05 Å². The third-order valence-electron chi connectivity index (χ3n) is 8.61. The molecule has 2 fully saturated rings. The van der Waals surface area contributed by atoms with Crippen LogP contribution in [0.15, 0.2) is 36.3 Å². The van der Waals surface area contributed by atoms with Crippen LogP contribution in [-0.2, 0) is 9.59 Å². The summed E-state index contributed by atoms with van der Waals surface area (Å²) in [4.78, 5) is 27.1. The largest absolute Gasteiger partial charge is 0.319 e. The van der Waals surface area contributed by atoms with Crippen molar-refractivity contribution >= 4 is 17.8 Å². The van der Waals surface area contributed by atoms with Crippen molar-refractivity contribution in [3.8, 4) is 0 Å². The maximum atomic E-state index is 13.8. The summed E-state index contributed by atoms with van der Waals surface area (Å²) in [6.07, 6.45) is 14.6. The monoisotopic (exact) mass is 424 g/mol. The van der Waals surface area contributed by atoms with E-state index in [4.69, 9.17) is 4.79 Å². The molecule has 1 aliphatic heterocycles. The number of piperidine rings is 1. The second kappa shape index (κ2) is 7.99. The minimum Gasteiger partial charge on any atom is -0.319 e. The van der Waals surface area contributed by atoms with E-state index >= 15 is 0 Å². The molecule has 1 saturated carbocycles. The van der Waals surface area contributed by atoms with E-state index in [1.807, 2.05) is 18.1 Å². The van der Waals surface area contributed by atoms with Crippen LogP contribution in [0.3, 0.4) is 0 Å². The van der Waals surface area contributed by atoms with Gasteiger partial charge in [0.1, 0.15) is 12.1 Å². The molecule has 1 aromatic rings. The van der Waals surface area contributed by atoms with Gasteiger partial charge in [0.05, 0.1) is 6.20 Å². The Kier molecular flexibility index (Phi) is 5.65. The Bertz CT molecular complexity index is 954. The molecule has 3 aliphatic carbocycles. The smallest absolute Gasteiger partial charge is 0.226 e. The molecule has 0 radical (unpaired) electrons. The molecule has 5 unspecified atom stereocenters. The molecule has 5 atom stereocenters. The molecule has 2 heterocycles. The molecule has 0 aromatic carbocycles. The number of rotatable bonds is 1. The van der Waals surface area contributed by atoms with Crippen LogP contribution in [0.2, 0.25) is 0 Å². The maximum absolute atomic E-state index is 13.8. The summed E-state index contributed by atoms with van der Waals surface area (Å²) >= 11 is 0. The summed E-state index contributed by atoms with van der Waals surface area (Å²) in [5, 5.41) is 0. The molecular weight excluding hydrogens is 391 g/mol. The van der Waals surface area contributed by atoms with E-state index in [0.29, 0.717) is 24.2 Å². The first-order valence-corrected chi connectivity index (χ1v) is 11.4. The highest BCUT2D eigenvalue weighted by molar-refractivity contribution is 5.79. The molecule has 0 bridgehead atoms. The van der Waals surface area contributed by atoms with Crippen LogP contribution in [0.5, 0.6) is 0 Å². The van der Waals surface area contributed by atoms with Crippen molar-refractivity contribution in [2.45, 2.75) is 59.3 Å². The molecule has 5 heteroatoms. The number of aldehydes is 1. The van der Waals surface area contributed by atoms with Crippen LogP contribution in [0.4, 0.5) is 4.39 Å². The molecule has 5 rings (SSSR count). The predicted molar refractivity (Wildman–Crippen MR) is 119 cm³/mol. The van der Waals surface area contributed by atoms with Gasteiger partial charge in [0.15, 0.2) is 0 Å². The molecule has 0 spiro atoms. The molecule has 4 aliphatic rings. The van der Waals surface area contributed by atoms with Crippen molar-refractivity contribution in [1.29, 1.82) is 0 Å². The number of hydrogen-bond donors (Lipinski definition) is 0. The summed E-state index contributed by atoms with van der Waals surface area (Å²) in [5.74, 6) is 1.84. The number of halogens is 1. The first kappa shape index (κ1) is 21.9. The van der Waals surface area contributed by atoms with Crippen LogP contribution in [-0.4, -0.2) is 29.1 Å². The molecule has 1 saturated heterocycles. The number of fused-ring (bicyclic) bond motifs is 5. The molecule has 31 heavy (non-hydrogen) atoms. The van der Waals surface area contributed by atoms with Crippen LogP contribution >= 0.6 is 0 Å². The summed E-state index contributed by atoms with van der Waals surface area (Å²) in [6, 6.07) is 1.64. The minimum atomic E-state index is -0.258. The van der Waals surface area contributed by atoms with E-state index < -0.39 is 0 Å². The molecule has 166 valence electrons. The van der Waals surface area contributed by atoms with Crippen LogP contribution < -0.4 is 0 Å². The minimum absolute atomic E-state index is 0.0920. The molecular formula is C26H33FN2O2. The van der Waals surface area contributed by atoms with Crippen molar-refractivity contribution < 1.29 is 14.0 Å². The molecule has 0 N–H and O–H groups in total. The van der Waals surface area contributed by atoms with Crippen LogP contribution in [0.25, 0.3) is 5.57 Å². The number of allylic oxidation sites excluding steroid dienone is 4. The summed E-state index contributed by atoms with van der Waals surface area (Å²) in [6.45, 7) is 6.22. The topological polar surface area (TPSA) is 50.3 Å². The van der Waals surface area contributed by atoms with E-state index in [2.05, 4.69) is 31.0 Å². The van der Waals surface area contributed by atoms with Gasteiger partial charge in [-0.2, -0.15) is 0 Å². The number of amides is 1. The Balaban J connectivity index is 0.000000730. The van der Waals surface area contributed by atoms with Crippen LogP contribution in [0.1, 0.15) is 64.9 Å². The Hall–Kier alpha value is -2.30. The van der Waals surface area contributed by atoms with Crippen molar-refractivity contribution in [2.24, 2.45) is 28.6 Å². The Morgan fingerprint density at radius 3 is 2.58 bits per heavy atom. The second-order valence-corrected chi connectivity index (χ2v) is 10.0. The zero-order valence-corrected chi connectivity index (χ0v) is 19.0. The third kappa shape index (κ3) is 3.37. The van der Waals surface area contributed by atoms with Gasteiger partial charge in [-0.05, 0) is 79.4 Å². The van der Waals surface area contributed by atoms with E-state index in [1.165, 1.54) is 30.8 Å². The average Bonchev–Trinajstić information content (AvgIpc) is 3.09. The predicted octanol–water partition coefficient (Wildman–Crippen LogP) is 5.41. The fourth-order valence-corrected chi connectivity index (χ4v) is 7.15. The zero-order valence-electron chi connectivity index (χ0n) is 19.0. The summed E-state index contributed by atoms with van der Waals surface area (Å²) in [5.41, 5.74) is 3.70. The number of carbonyl (C=O) groups is 2. The van der Waals surface area contributed by atoms with Crippen molar-refractivity contribution in [3.63, 3.8) is 0 Å². The van der Waals surface area contributed by atoms with Gasteiger partial charge in [0.2, 0.25) is 5.91 Å². The van der Waals surface area contributed by atoms with Gasteiger partial charge in [-0.3, -0.25) is 9.78 Å². The molecule has 1 amide bonds. The van der Waals surface area contributed by atoms with Crippen molar-refractivity contribution in [3.05, 3.63) is 47.7 Å². The number of hydrogen-bond acceptors (Lipinski definition) is 3. The highest BCUT2D eigenvalue weighted by atomic mass is 19.1. The number of carbonyl (C=O) groups excluding carboxylic acids is 2. The molecule has 4 nitrogen and oxygen atoms in total. The quantitative estimate of drug-likeness (QED) is 0.567. The molecule has 1 aromatic heterocycles. The van der Waals surface area contributed by atoms with Crippen LogP contribution in [0, 0.1) is 34.4 Å². The van der Waals surface area contributed by atoms with Gasteiger partial charge in [-0.15, -0.1) is 0 Å². The number of nitrogens with zero attached hydrogens (tertiary/aromatic N) is 2. The van der Waals surface area contributed by atoms with E-state index in [9.17, 15) is 9.18 Å².